The van der Waals surface area contributed by atoms with Crippen LogP contribution in [-0.2, 0) is 4.74 Å². The molecule has 1 rings (SSSR count). The van der Waals surface area contributed by atoms with Crippen LogP contribution in [0.2, 0.25) is 0 Å². The molecule has 0 saturated heterocycles. The van der Waals surface area contributed by atoms with Crippen LogP contribution in [0.3, 0.4) is 0 Å². The van der Waals surface area contributed by atoms with E-state index in [9.17, 15) is 4.39 Å². The fourth-order valence-electron chi connectivity index (χ4n) is 0.362. The number of allylic oxidation sites excluding steroid dienone is 1. The Morgan fingerprint density at radius 2 is 2.43 bits per heavy atom. The summed E-state index contributed by atoms with van der Waals surface area (Å²) in [6.45, 7) is 2.36. The van der Waals surface area contributed by atoms with Crippen molar-refractivity contribution in [3.63, 3.8) is 0 Å². The monoisotopic (exact) mass is 99.0 g/mol. The van der Waals surface area contributed by atoms with Crippen LogP contribution in [0.5, 0.6) is 0 Å². The van der Waals surface area contributed by atoms with E-state index in [0.717, 1.165) is 0 Å². The van der Waals surface area contributed by atoms with E-state index < -0.39 is 6.01 Å². The summed E-state index contributed by atoms with van der Waals surface area (Å²) in [5.74, 6) is 0. The van der Waals surface area contributed by atoms with Crippen LogP contribution in [0.1, 0.15) is 12.8 Å². The second-order valence-electron chi connectivity index (χ2n) is 1.20. The molecule has 0 aromatic rings. The van der Waals surface area contributed by atoms with E-state index in [1.54, 1.807) is 0 Å². The predicted molar refractivity (Wildman–Crippen MR) is 21.4 cm³/mol. The summed E-state index contributed by atoms with van der Waals surface area (Å²) in [5, 5.41) is 0. The zero-order valence-electron chi connectivity index (χ0n) is 3.70. The molecule has 0 bridgehead atoms. The van der Waals surface area contributed by atoms with Crippen LogP contribution in [-0.4, -0.2) is 0 Å². The Balaban J connectivity index is 2.40. The van der Waals surface area contributed by atoms with Crippen molar-refractivity contribution in [2.75, 3.05) is 0 Å². The lowest BCUT2D eigenvalue weighted by Gasteiger charge is -2.02. The average molecular weight is 99.1 g/mol. The summed E-state index contributed by atoms with van der Waals surface area (Å²) in [7, 11) is 0. The third kappa shape index (κ3) is 1.18. The molecule has 0 aromatic carbocycles. The second kappa shape index (κ2) is 1.96. The molecular formula is C5H4FO. The van der Waals surface area contributed by atoms with Gasteiger partial charge >= 0.3 is 0 Å². The smallest absolute Gasteiger partial charge is 0.277 e. The highest BCUT2D eigenvalue weighted by Crippen LogP contribution is 2.11. The molecule has 0 saturated carbocycles. The van der Waals surface area contributed by atoms with Gasteiger partial charge in [-0.3, -0.25) is 0 Å². The fourth-order valence-corrected chi connectivity index (χ4v) is 0.362. The highest BCUT2D eigenvalue weighted by molar-refractivity contribution is 4.81. The van der Waals surface area contributed by atoms with E-state index in [2.05, 4.69) is 17.4 Å². The highest BCUT2D eigenvalue weighted by atomic mass is 19.1. The van der Waals surface area contributed by atoms with Gasteiger partial charge in [0.2, 0.25) is 0 Å². The molecule has 0 aliphatic carbocycles. The number of halogens is 1. The quantitative estimate of drug-likeness (QED) is 0.446. The summed E-state index contributed by atoms with van der Waals surface area (Å²) >= 11 is 0. The van der Waals surface area contributed by atoms with Crippen molar-refractivity contribution in [1.82, 2.24) is 0 Å². The van der Waals surface area contributed by atoms with Crippen molar-refractivity contribution in [1.29, 1.82) is 0 Å². The number of ether oxygens (including phenoxy) is 1. The molecule has 0 unspecified atom stereocenters. The molecule has 3 radical (unpaired) electrons. The Morgan fingerprint density at radius 1 is 1.57 bits per heavy atom. The fraction of sp³-hybridized carbons (Fsp3) is 0.400. The van der Waals surface area contributed by atoms with Crippen molar-refractivity contribution in [2.24, 2.45) is 0 Å². The molecule has 1 aliphatic heterocycles. The molecule has 1 nitrogen and oxygen atoms in total. The van der Waals surface area contributed by atoms with E-state index >= 15 is 0 Å². The molecule has 0 fully saturated rings. The van der Waals surface area contributed by atoms with E-state index in [4.69, 9.17) is 0 Å². The predicted octanol–water partition coefficient (Wildman–Crippen LogP) is 1.45. The molecule has 0 amide bonds. The van der Waals surface area contributed by atoms with Crippen molar-refractivity contribution >= 4 is 0 Å². The molecule has 2 heteroatoms. The first-order valence-electron chi connectivity index (χ1n) is 2.05. The maximum absolute atomic E-state index is 11.7. The SMILES string of the molecule is FC1=[C]CC[C]O1. The van der Waals surface area contributed by atoms with Gasteiger partial charge in [-0.15, -0.1) is 0 Å². The van der Waals surface area contributed by atoms with Crippen LogP contribution >= 0.6 is 0 Å². The molecule has 0 atom stereocenters. The third-order valence-corrected chi connectivity index (χ3v) is 0.653. The van der Waals surface area contributed by atoms with Gasteiger partial charge in [0, 0.05) is 6.08 Å². The van der Waals surface area contributed by atoms with Crippen molar-refractivity contribution in [2.45, 2.75) is 12.8 Å². The van der Waals surface area contributed by atoms with E-state index in [-0.39, 0.29) is 0 Å². The molecule has 37 valence electrons. The minimum atomic E-state index is -0.647. The lowest BCUT2D eigenvalue weighted by molar-refractivity contribution is 0.179. The minimum Gasteiger partial charge on any atom is -0.455 e. The maximum Gasteiger partial charge on any atom is 0.277 e. The standard InChI is InChI=1S/C5H4FO/c6-5-3-1-2-4-7-5/h1-2H2. The van der Waals surface area contributed by atoms with Gasteiger partial charge < -0.3 is 4.74 Å². The van der Waals surface area contributed by atoms with Crippen molar-refractivity contribution < 1.29 is 9.13 Å². The van der Waals surface area contributed by atoms with Gasteiger partial charge in [0.25, 0.3) is 6.01 Å². The van der Waals surface area contributed by atoms with Gasteiger partial charge in [0.15, 0.2) is 6.61 Å². The maximum atomic E-state index is 11.7. The molecule has 0 spiro atoms. The number of hydrogen-bond acceptors (Lipinski definition) is 1. The minimum absolute atomic E-state index is 0.589. The van der Waals surface area contributed by atoms with Gasteiger partial charge in [-0.2, -0.15) is 4.39 Å². The van der Waals surface area contributed by atoms with Gasteiger partial charge in [-0.1, -0.05) is 0 Å². The molecule has 1 heterocycles. The first-order chi connectivity index (χ1) is 3.39. The second-order valence-corrected chi connectivity index (χ2v) is 1.20. The molecule has 0 N–H and O–H groups in total. The summed E-state index contributed by atoms with van der Waals surface area (Å²) < 4.78 is 15.9. The van der Waals surface area contributed by atoms with Crippen molar-refractivity contribution in [3.05, 3.63) is 18.7 Å². The zero-order valence-corrected chi connectivity index (χ0v) is 3.70. The van der Waals surface area contributed by atoms with E-state index in [1.165, 1.54) is 0 Å². The summed E-state index contributed by atoms with van der Waals surface area (Å²) in [6.07, 6.45) is 3.58. The molecule has 1 aliphatic rings. The summed E-state index contributed by atoms with van der Waals surface area (Å²) in [4.78, 5) is 0. The normalized spacial score (nSPS) is 20.4. The average Bonchev–Trinajstić information content (AvgIpc) is 1.69. The molecule has 0 aromatic heterocycles. The number of rotatable bonds is 0. The highest BCUT2D eigenvalue weighted by Gasteiger charge is 2.02. The van der Waals surface area contributed by atoms with Gasteiger partial charge in [-0.25, -0.2) is 0 Å². The number of hydrogen-bond donors (Lipinski definition) is 0. The van der Waals surface area contributed by atoms with Crippen molar-refractivity contribution in [3.8, 4) is 0 Å². The van der Waals surface area contributed by atoms with Crippen LogP contribution in [0, 0.1) is 12.7 Å². The van der Waals surface area contributed by atoms with Gasteiger partial charge in [0.05, 0.1) is 0 Å². The third-order valence-electron chi connectivity index (χ3n) is 0.653. The van der Waals surface area contributed by atoms with Crippen LogP contribution in [0.15, 0.2) is 6.01 Å². The van der Waals surface area contributed by atoms with E-state index in [0.29, 0.717) is 12.8 Å². The van der Waals surface area contributed by atoms with Crippen LogP contribution < -0.4 is 0 Å². The van der Waals surface area contributed by atoms with Crippen LogP contribution in [0.25, 0.3) is 0 Å². The Labute approximate surface area is 41.8 Å². The summed E-state index contributed by atoms with van der Waals surface area (Å²) in [5.41, 5.74) is 0. The first kappa shape index (κ1) is 4.62. The van der Waals surface area contributed by atoms with Gasteiger partial charge in [0.1, 0.15) is 0 Å². The lowest BCUT2D eigenvalue weighted by Crippen LogP contribution is -1.90. The summed E-state index contributed by atoms with van der Waals surface area (Å²) in [6, 6.07) is -0.647. The topological polar surface area (TPSA) is 9.23 Å². The Hall–Kier alpha value is -0.530. The first-order valence-corrected chi connectivity index (χ1v) is 2.05. The Morgan fingerprint density at radius 3 is 2.71 bits per heavy atom. The largest absolute Gasteiger partial charge is 0.455 e. The lowest BCUT2D eigenvalue weighted by atomic mass is 10.3. The zero-order chi connectivity index (χ0) is 5.11. The Kier molecular flexibility index (Phi) is 1.29. The van der Waals surface area contributed by atoms with E-state index in [1.807, 2.05) is 0 Å². The van der Waals surface area contributed by atoms with Gasteiger partial charge in [-0.05, 0) is 12.8 Å². The Bertz CT molecular complexity index is 88.1. The van der Waals surface area contributed by atoms with Crippen LogP contribution in [0.4, 0.5) is 4.39 Å². The molecule has 7 heavy (non-hydrogen) atoms. The molecular weight excluding hydrogens is 95.1 g/mol.